The summed E-state index contributed by atoms with van der Waals surface area (Å²) in [5.74, 6) is -0.926. The molecule has 0 aliphatic rings. The third kappa shape index (κ3) is 5.68. The highest BCUT2D eigenvalue weighted by atomic mass is 19.4. The molecule has 0 aliphatic heterocycles. The molecule has 4 nitrogen and oxygen atoms in total. The van der Waals surface area contributed by atoms with Gasteiger partial charge >= 0.3 is 6.18 Å². The zero-order valence-electron chi connectivity index (χ0n) is 15.0. The number of carbonyl (C=O) groups excluding carboxylic acids is 1. The molecule has 0 saturated heterocycles. The SMILES string of the molecule is CC[NH+](CC(=O)Nc1ccccc1C(F)(F)F)Cc1ccc(OC)c(F)c1. The van der Waals surface area contributed by atoms with Gasteiger partial charge in [0.25, 0.3) is 5.91 Å². The zero-order chi connectivity index (χ0) is 20.0. The minimum atomic E-state index is -4.55. The number of rotatable bonds is 7. The van der Waals surface area contributed by atoms with E-state index >= 15 is 0 Å². The molecule has 0 heterocycles. The molecule has 1 amide bonds. The number of hydrogen-bond donors (Lipinski definition) is 2. The number of methoxy groups -OCH3 is 1. The Labute approximate surface area is 154 Å². The fourth-order valence-electron chi connectivity index (χ4n) is 2.68. The third-order valence-electron chi connectivity index (χ3n) is 4.09. The maximum absolute atomic E-state index is 13.8. The summed E-state index contributed by atoms with van der Waals surface area (Å²) >= 11 is 0. The fourth-order valence-corrected chi connectivity index (χ4v) is 2.68. The van der Waals surface area contributed by atoms with Crippen LogP contribution in [0.1, 0.15) is 18.1 Å². The van der Waals surface area contributed by atoms with E-state index in [1.54, 1.807) is 6.07 Å². The van der Waals surface area contributed by atoms with Crippen molar-refractivity contribution < 1.29 is 32.0 Å². The van der Waals surface area contributed by atoms with Gasteiger partial charge in [-0.05, 0) is 37.3 Å². The molecule has 0 saturated carbocycles. The minimum absolute atomic E-state index is 0.0453. The number of amides is 1. The van der Waals surface area contributed by atoms with Gasteiger partial charge < -0.3 is 15.0 Å². The monoisotopic (exact) mass is 385 g/mol. The van der Waals surface area contributed by atoms with E-state index in [2.05, 4.69) is 5.32 Å². The Kier molecular flexibility index (Phi) is 6.79. The van der Waals surface area contributed by atoms with Crippen LogP contribution < -0.4 is 15.0 Å². The summed E-state index contributed by atoms with van der Waals surface area (Å²) in [7, 11) is 1.37. The Morgan fingerprint density at radius 3 is 2.48 bits per heavy atom. The quantitative estimate of drug-likeness (QED) is 0.720. The normalized spacial score (nSPS) is 12.5. The van der Waals surface area contributed by atoms with Gasteiger partial charge in [0.05, 0.1) is 24.9 Å². The average Bonchev–Trinajstić information content (AvgIpc) is 2.60. The van der Waals surface area contributed by atoms with Crippen LogP contribution in [0.5, 0.6) is 5.75 Å². The number of ether oxygens (including phenoxy) is 1. The molecular weight excluding hydrogens is 364 g/mol. The van der Waals surface area contributed by atoms with E-state index in [1.807, 2.05) is 6.92 Å². The molecule has 27 heavy (non-hydrogen) atoms. The van der Waals surface area contributed by atoms with Gasteiger partial charge in [0.15, 0.2) is 18.1 Å². The van der Waals surface area contributed by atoms with E-state index in [-0.39, 0.29) is 18.0 Å². The molecular formula is C19H21F4N2O2+. The molecule has 0 aliphatic carbocycles. The van der Waals surface area contributed by atoms with Crippen molar-refractivity contribution in [2.75, 3.05) is 25.5 Å². The van der Waals surface area contributed by atoms with Gasteiger partial charge in [-0.2, -0.15) is 13.2 Å². The van der Waals surface area contributed by atoms with E-state index in [9.17, 15) is 22.4 Å². The molecule has 2 aromatic rings. The summed E-state index contributed by atoms with van der Waals surface area (Å²) in [5.41, 5.74) is -0.511. The van der Waals surface area contributed by atoms with Crippen LogP contribution in [0.25, 0.3) is 0 Å². The van der Waals surface area contributed by atoms with Crippen molar-refractivity contribution >= 4 is 11.6 Å². The number of para-hydroxylation sites is 1. The summed E-state index contributed by atoms with van der Waals surface area (Å²) < 4.78 is 57.7. The van der Waals surface area contributed by atoms with Gasteiger partial charge in [-0.15, -0.1) is 0 Å². The van der Waals surface area contributed by atoms with Crippen LogP contribution in [0.15, 0.2) is 42.5 Å². The van der Waals surface area contributed by atoms with Gasteiger partial charge in [0, 0.05) is 5.56 Å². The lowest BCUT2D eigenvalue weighted by Gasteiger charge is -2.19. The minimum Gasteiger partial charge on any atom is -0.494 e. The first kappa shape index (κ1) is 20.7. The smallest absolute Gasteiger partial charge is 0.418 e. The Hall–Kier alpha value is -2.61. The van der Waals surface area contributed by atoms with Crippen molar-refractivity contribution in [3.8, 4) is 5.75 Å². The van der Waals surface area contributed by atoms with Gasteiger partial charge in [-0.3, -0.25) is 4.79 Å². The highest BCUT2D eigenvalue weighted by molar-refractivity contribution is 5.92. The number of anilines is 1. The van der Waals surface area contributed by atoms with Crippen molar-refractivity contribution in [3.05, 3.63) is 59.4 Å². The first-order chi connectivity index (χ1) is 12.7. The number of halogens is 4. The lowest BCUT2D eigenvalue weighted by molar-refractivity contribution is -0.903. The zero-order valence-corrected chi connectivity index (χ0v) is 15.0. The maximum Gasteiger partial charge on any atom is 0.418 e. The first-order valence-corrected chi connectivity index (χ1v) is 8.36. The van der Waals surface area contributed by atoms with Crippen molar-refractivity contribution in [3.63, 3.8) is 0 Å². The van der Waals surface area contributed by atoms with Crippen LogP contribution in [-0.4, -0.2) is 26.1 Å². The molecule has 1 unspecified atom stereocenters. The molecule has 2 rings (SSSR count). The second kappa shape index (κ2) is 8.85. The summed E-state index contributed by atoms with van der Waals surface area (Å²) in [6.45, 7) is 2.69. The lowest BCUT2D eigenvalue weighted by Crippen LogP contribution is -3.11. The third-order valence-corrected chi connectivity index (χ3v) is 4.09. The number of hydrogen-bond acceptors (Lipinski definition) is 2. The average molecular weight is 385 g/mol. The van der Waals surface area contributed by atoms with E-state index in [1.165, 1.54) is 37.4 Å². The Bertz CT molecular complexity index is 794. The molecule has 146 valence electrons. The lowest BCUT2D eigenvalue weighted by atomic mass is 10.1. The standard InChI is InChI=1S/C19H20F4N2O2/c1-3-25(11-13-8-9-17(27-2)15(20)10-13)12-18(26)24-16-7-5-4-6-14(16)19(21,22)23/h4-10H,3,11-12H2,1-2H3,(H,24,26)/p+1. The second-order valence-corrected chi connectivity index (χ2v) is 6.02. The molecule has 0 fully saturated rings. The highest BCUT2D eigenvalue weighted by Gasteiger charge is 2.33. The number of quaternary nitrogens is 1. The van der Waals surface area contributed by atoms with Crippen LogP contribution in [0.2, 0.25) is 0 Å². The molecule has 2 aromatic carbocycles. The van der Waals surface area contributed by atoms with Crippen LogP contribution in [0.3, 0.4) is 0 Å². The predicted molar refractivity (Wildman–Crippen MR) is 93.1 cm³/mol. The Morgan fingerprint density at radius 2 is 1.89 bits per heavy atom. The van der Waals surface area contributed by atoms with Crippen molar-refractivity contribution in [1.29, 1.82) is 0 Å². The molecule has 2 N–H and O–H groups in total. The van der Waals surface area contributed by atoms with Crippen molar-refractivity contribution in [2.45, 2.75) is 19.6 Å². The van der Waals surface area contributed by atoms with E-state index in [0.717, 1.165) is 11.0 Å². The molecule has 8 heteroatoms. The Morgan fingerprint density at radius 1 is 1.19 bits per heavy atom. The van der Waals surface area contributed by atoms with Gasteiger partial charge in [-0.1, -0.05) is 12.1 Å². The predicted octanol–water partition coefficient (Wildman–Crippen LogP) is 2.90. The van der Waals surface area contributed by atoms with Crippen LogP contribution in [-0.2, 0) is 17.5 Å². The van der Waals surface area contributed by atoms with Crippen LogP contribution in [0.4, 0.5) is 23.2 Å². The van der Waals surface area contributed by atoms with Gasteiger partial charge in [-0.25, -0.2) is 4.39 Å². The molecule has 0 aromatic heterocycles. The van der Waals surface area contributed by atoms with Gasteiger partial charge in [0.1, 0.15) is 6.54 Å². The molecule has 0 radical (unpaired) electrons. The number of likely N-dealkylation sites (N-methyl/N-ethyl adjacent to an activating group) is 1. The van der Waals surface area contributed by atoms with E-state index in [4.69, 9.17) is 4.74 Å². The van der Waals surface area contributed by atoms with E-state index in [0.29, 0.717) is 18.7 Å². The van der Waals surface area contributed by atoms with Crippen molar-refractivity contribution in [2.24, 2.45) is 0 Å². The summed E-state index contributed by atoms with van der Waals surface area (Å²) in [4.78, 5) is 13.0. The van der Waals surface area contributed by atoms with Crippen LogP contribution >= 0.6 is 0 Å². The second-order valence-electron chi connectivity index (χ2n) is 6.02. The van der Waals surface area contributed by atoms with Gasteiger partial charge in [0.2, 0.25) is 0 Å². The Balaban J connectivity index is 2.05. The summed E-state index contributed by atoms with van der Waals surface area (Å²) in [6, 6.07) is 9.33. The van der Waals surface area contributed by atoms with Crippen LogP contribution in [0, 0.1) is 5.82 Å². The summed E-state index contributed by atoms with van der Waals surface area (Å²) in [5, 5.41) is 2.32. The van der Waals surface area contributed by atoms with Crippen molar-refractivity contribution in [1.82, 2.24) is 0 Å². The summed E-state index contributed by atoms with van der Waals surface area (Å²) in [6.07, 6.45) is -4.55. The molecule has 0 spiro atoms. The highest BCUT2D eigenvalue weighted by Crippen LogP contribution is 2.34. The number of nitrogens with one attached hydrogen (secondary N) is 2. The van der Waals surface area contributed by atoms with E-state index < -0.39 is 23.5 Å². The number of carbonyl (C=O) groups is 1. The number of benzene rings is 2. The number of alkyl halides is 3. The topological polar surface area (TPSA) is 42.8 Å². The maximum atomic E-state index is 13.8. The largest absolute Gasteiger partial charge is 0.494 e. The first-order valence-electron chi connectivity index (χ1n) is 8.36. The fraction of sp³-hybridized carbons (Fsp3) is 0.316. The molecule has 0 bridgehead atoms. The molecule has 1 atom stereocenters.